The highest BCUT2D eigenvalue weighted by atomic mass is 32.2. The molecule has 0 rings (SSSR count). The molecular weight excluding hydrogens is 516 g/mol. The number of hydrogen-bond acceptors (Lipinski definition) is 4. The Kier molecular flexibility index (Phi) is 86.7. The zero-order valence-electron chi connectivity index (χ0n) is 28.3. The second-order valence-corrected chi connectivity index (χ2v) is 9.17. The number of rotatable bonds is 10. The maximum absolute atomic E-state index is 11.3. The molecule has 0 saturated carbocycles. The van der Waals surface area contributed by atoms with Gasteiger partial charge >= 0.3 is 0 Å². The summed E-state index contributed by atoms with van der Waals surface area (Å²) < 4.78 is 22.5. The zero-order valence-corrected chi connectivity index (χ0v) is 29.1. The van der Waals surface area contributed by atoms with Crippen LogP contribution in [0.25, 0.3) is 0 Å². The average Bonchev–Trinajstić information content (AvgIpc) is 3.00. The lowest BCUT2D eigenvalue weighted by Gasteiger charge is -2.00. The Hall–Kier alpha value is -2.79. The van der Waals surface area contributed by atoms with Crippen LogP contribution in [-0.2, 0) is 19.4 Å². The lowest BCUT2D eigenvalue weighted by molar-refractivity contribution is -0.0987. The molecule has 4 nitrogen and oxygen atoms in total. The van der Waals surface area contributed by atoms with Gasteiger partial charge in [0, 0.05) is 5.75 Å². The highest BCUT2D eigenvalue weighted by Crippen LogP contribution is 2.06. The minimum absolute atomic E-state index is 0.0971. The van der Waals surface area contributed by atoms with Gasteiger partial charge in [-0.05, 0) is 44.3 Å². The molecule has 1 atom stereocenters. The van der Waals surface area contributed by atoms with Crippen molar-refractivity contribution in [2.24, 2.45) is 5.92 Å². The molecule has 0 fully saturated rings. The Morgan fingerprint density at radius 2 is 1.07 bits per heavy atom. The van der Waals surface area contributed by atoms with Gasteiger partial charge in [0.2, 0.25) is 0 Å². The Morgan fingerprint density at radius 1 is 0.700 bits per heavy atom. The summed E-state index contributed by atoms with van der Waals surface area (Å²) in [5.74, 6) is 0.726. The lowest BCUT2D eigenvalue weighted by atomic mass is 10.1. The molecule has 40 heavy (non-hydrogen) atoms. The van der Waals surface area contributed by atoms with E-state index in [1.54, 1.807) is 25.2 Å². The van der Waals surface area contributed by atoms with E-state index in [0.717, 1.165) is 12.0 Å². The summed E-state index contributed by atoms with van der Waals surface area (Å²) in [6.07, 6.45) is 23.3. The van der Waals surface area contributed by atoms with Gasteiger partial charge in [-0.15, -0.1) is 6.58 Å². The summed E-state index contributed by atoms with van der Waals surface area (Å²) in [5.41, 5.74) is 2.08. The first-order chi connectivity index (χ1) is 19.1. The molecule has 236 valence electrons. The Morgan fingerprint density at radius 3 is 1.32 bits per heavy atom. The molecule has 0 aromatic rings. The minimum atomic E-state index is -2.93. The Bertz CT molecular complexity index is 731. The van der Waals surface area contributed by atoms with Crippen LogP contribution in [0.3, 0.4) is 0 Å². The summed E-state index contributed by atoms with van der Waals surface area (Å²) >= 11 is 0. The smallest absolute Gasteiger partial charge is 0.154 e. The topological polar surface area (TPSA) is 68.3 Å². The predicted octanol–water partition coefficient (Wildman–Crippen LogP) is 10.7. The largest absolute Gasteiger partial charge is 0.307 e. The van der Waals surface area contributed by atoms with Crippen molar-refractivity contribution in [2.45, 2.75) is 95.9 Å². The van der Waals surface area contributed by atoms with Gasteiger partial charge in [-0.3, -0.25) is 0 Å². The van der Waals surface area contributed by atoms with Crippen LogP contribution in [-0.4, -0.2) is 33.5 Å². The predicted molar refractivity (Wildman–Crippen MR) is 188 cm³/mol. The monoisotopic (exact) mass is 582 g/mol. The molecule has 0 aliphatic carbocycles. The molecule has 0 heterocycles. The van der Waals surface area contributed by atoms with Crippen LogP contribution in [0.15, 0.2) is 97.7 Å². The van der Waals surface area contributed by atoms with Gasteiger partial charge in [0.25, 0.3) is 0 Å². The van der Waals surface area contributed by atoms with Gasteiger partial charge in [0.05, 0.1) is 5.75 Å². The zero-order chi connectivity index (χ0) is 33.8. The number of carbonyl (C=O) groups excluding carboxylic acids is 2. The summed E-state index contributed by atoms with van der Waals surface area (Å²) in [5, 5.41) is 0. The van der Waals surface area contributed by atoms with E-state index >= 15 is 0 Å². The molecule has 0 radical (unpaired) electrons. The Labute approximate surface area is 252 Å². The van der Waals surface area contributed by atoms with Crippen molar-refractivity contribution >= 4 is 23.4 Å². The van der Waals surface area contributed by atoms with Crippen LogP contribution in [0.2, 0.25) is 0 Å². The van der Waals surface area contributed by atoms with E-state index in [-0.39, 0.29) is 11.5 Å². The van der Waals surface area contributed by atoms with E-state index in [0.29, 0.717) is 5.92 Å². The molecule has 0 saturated heterocycles. The Balaban J connectivity index is -0.0000000576. The molecule has 5 heteroatoms. The van der Waals surface area contributed by atoms with Crippen molar-refractivity contribution in [1.29, 1.82) is 0 Å². The average molecular weight is 583 g/mol. The fraction of sp³-hybridized carbons (Fsp3) is 0.486. The molecule has 0 spiro atoms. The molecule has 0 N–H and O–H groups in total. The summed E-state index contributed by atoms with van der Waals surface area (Å²) in [7, 11) is -2.93. The molecule has 0 amide bonds. The number of carbonyl (C=O) groups is 2. The van der Waals surface area contributed by atoms with Gasteiger partial charge in [0.1, 0.15) is 13.6 Å². The van der Waals surface area contributed by atoms with Crippen molar-refractivity contribution in [2.75, 3.05) is 11.5 Å². The molecule has 0 aliphatic heterocycles. The SMILES string of the molecule is C/C=C\C.C=C/C=C(\C=C/C(C)C=C)CC.C=C/C=C(\C=C/C)CS(=O)(=O)CC.C=O.C=O.CC.CC.CCC. The van der Waals surface area contributed by atoms with Crippen molar-refractivity contribution in [3.05, 3.63) is 97.7 Å². The minimum Gasteiger partial charge on any atom is -0.307 e. The van der Waals surface area contributed by atoms with Crippen molar-refractivity contribution < 1.29 is 18.0 Å². The fourth-order valence-corrected chi connectivity index (χ4v) is 2.57. The van der Waals surface area contributed by atoms with Crippen LogP contribution in [0.5, 0.6) is 0 Å². The van der Waals surface area contributed by atoms with E-state index < -0.39 is 9.84 Å². The second kappa shape index (κ2) is 60.6. The van der Waals surface area contributed by atoms with Gasteiger partial charge in [-0.1, -0.05) is 149 Å². The van der Waals surface area contributed by atoms with Gasteiger partial charge in [0.15, 0.2) is 9.84 Å². The third-order valence-corrected chi connectivity index (χ3v) is 5.25. The van der Waals surface area contributed by atoms with Gasteiger partial charge in [-0.2, -0.15) is 0 Å². The maximum atomic E-state index is 11.3. The van der Waals surface area contributed by atoms with Gasteiger partial charge < -0.3 is 9.59 Å². The van der Waals surface area contributed by atoms with Crippen molar-refractivity contribution in [3.8, 4) is 0 Å². The van der Waals surface area contributed by atoms with E-state index in [1.165, 1.54) is 12.0 Å². The molecule has 0 aromatic carbocycles. The molecule has 1 unspecified atom stereocenters. The summed E-state index contributed by atoms with van der Waals surface area (Å²) in [6, 6.07) is 0. The number of sulfone groups is 1. The molecular formula is C35H66O4S. The van der Waals surface area contributed by atoms with Crippen LogP contribution in [0.4, 0.5) is 0 Å². The van der Waals surface area contributed by atoms with E-state index in [4.69, 9.17) is 9.59 Å². The van der Waals surface area contributed by atoms with Crippen molar-refractivity contribution in [1.82, 2.24) is 0 Å². The first kappa shape index (κ1) is 57.2. The van der Waals surface area contributed by atoms with E-state index in [2.05, 4.69) is 59.6 Å². The number of hydrogen-bond donors (Lipinski definition) is 0. The first-order valence-electron chi connectivity index (χ1n) is 14.0. The molecule has 0 aromatic heterocycles. The standard InChI is InChI=1S/C12H18.C10H16O2S.C4H8.C3H8.2C2H6.2CH2O/c1-5-8-12(7-3)10-9-11(4)6-2;1-4-7-10(8-5-2)9-13(11,12)6-3;1-3-4-2;1-3-2;4*1-2/h5-6,8-11H,1-2,7H2,3-4H3;4-5,7-8H,1,6,9H2,2-3H3;3-4H,1-2H3;3H2,1-2H3;2*1-2H3;2*1H2/b10-9-,12-8-;8-5-,10-7+;4-3-;;;;;. The lowest BCUT2D eigenvalue weighted by Crippen LogP contribution is -2.09. The van der Waals surface area contributed by atoms with E-state index in [9.17, 15) is 8.42 Å². The highest BCUT2D eigenvalue weighted by molar-refractivity contribution is 7.91. The maximum Gasteiger partial charge on any atom is 0.154 e. The fourth-order valence-electron chi connectivity index (χ4n) is 1.67. The first-order valence-corrected chi connectivity index (χ1v) is 15.9. The summed E-state index contributed by atoms with van der Waals surface area (Å²) in [4.78, 5) is 16.0. The third-order valence-electron chi connectivity index (χ3n) is 3.60. The molecule has 0 aliphatic rings. The van der Waals surface area contributed by atoms with E-state index in [1.807, 2.05) is 98.5 Å². The highest BCUT2D eigenvalue weighted by Gasteiger charge is 2.08. The quantitative estimate of drug-likeness (QED) is 0.190. The van der Waals surface area contributed by atoms with Gasteiger partial charge in [-0.25, -0.2) is 8.42 Å². The third kappa shape index (κ3) is 70.3. The normalized spacial score (nSPS) is 10.7. The second-order valence-electron chi connectivity index (χ2n) is 6.81. The van der Waals surface area contributed by atoms with Crippen LogP contribution < -0.4 is 0 Å². The van der Waals surface area contributed by atoms with Crippen LogP contribution >= 0.6 is 0 Å². The molecule has 0 bridgehead atoms. The van der Waals surface area contributed by atoms with Crippen LogP contribution in [0, 0.1) is 5.92 Å². The van der Waals surface area contributed by atoms with Crippen molar-refractivity contribution in [3.63, 3.8) is 0 Å². The summed E-state index contributed by atoms with van der Waals surface area (Å²) in [6.45, 7) is 38.9. The number of allylic oxidation sites excluding steroid dienone is 12. The van der Waals surface area contributed by atoms with Crippen LogP contribution in [0.1, 0.15) is 95.9 Å².